The number of carbonyl (C=O) groups excluding carboxylic acids is 3. The van der Waals surface area contributed by atoms with E-state index >= 15 is 0 Å². The second-order valence-corrected chi connectivity index (χ2v) is 12.0. The summed E-state index contributed by atoms with van der Waals surface area (Å²) in [5.74, 6) is 0.907. The van der Waals surface area contributed by atoms with E-state index in [9.17, 15) is 22.8 Å². The first-order valence-corrected chi connectivity index (χ1v) is 14.1. The molecule has 0 atom stereocenters. The van der Waals surface area contributed by atoms with Crippen LogP contribution in [0.4, 0.5) is 0 Å². The highest BCUT2D eigenvalue weighted by Gasteiger charge is 2.08. The molecule has 0 aliphatic carbocycles. The number of hydrogen-bond donors (Lipinski definition) is 0. The first-order valence-electron chi connectivity index (χ1n) is 12.5. The van der Waals surface area contributed by atoms with Gasteiger partial charge in [-0.2, -0.15) is 0 Å². The smallest absolute Gasteiger partial charge is 0.173 e. The number of methoxy groups -OCH3 is 1. The summed E-state index contributed by atoms with van der Waals surface area (Å²) in [4.78, 5) is 34.6. The minimum absolute atomic E-state index is 0.0908. The third kappa shape index (κ3) is 31.8. The largest absolute Gasteiger partial charge is 0.381 e. The Morgan fingerprint density at radius 1 is 0.784 bits per heavy atom. The zero-order valence-electron chi connectivity index (χ0n) is 25.3. The molecule has 0 N–H and O–H groups in total. The molecule has 0 fully saturated rings. The van der Waals surface area contributed by atoms with Crippen molar-refractivity contribution < 1.29 is 27.5 Å². The number of allylic oxidation sites excluding steroid dienone is 4. The molecule has 0 unspecified atom stereocenters. The quantitative estimate of drug-likeness (QED) is 0.300. The second kappa shape index (κ2) is 25.5. The highest BCUT2D eigenvalue weighted by Crippen LogP contribution is 1.99. The minimum atomic E-state index is -2.97. The molecule has 0 aromatic carbocycles. The SMILES string of the molecule is C/C=C/C(=O)C(C)C.C=CS(=O)(=O)C(C)C.CC(C)C(=O)/C=C/CN(C)C.COC/C=C/C(=O)C(C)C. The number of carbonyl (C=O) groups is 3. The van der Waals surface area contributed by atoms with Gasteiger partial charge in [0.25, 0.3) is 0 Å². The van der Waals surface area contributed by atoms with Crippen LogP contribution in [0.15, 0.2) is 48.4 Å². The van der Waals surface area contributed by atoms with Gasteiger partial charge in [0.05, 0.1) is 11.9 Å². The summed E-state index contributed by atoms with van der Waals surface area (Å²) < 4.78 is 25.9. The van der Waals surface area contributed by atoms with E-state index in [-0.39, 0.29) is 40.4 Å². The molecular formula is C29H53NO6S. The van der Waals surface area contributed by atoms with E-state index in [0.717, 1.165) is 12.0 Å². The summed E-state index contributed by atoms with van der Waals surface area (Å²) >= 11 is 0. The lowest BCUT2D eigenvalue weighted by atomic mass is 10.1. The summed E-state index contributed by atoms with van der Waals surface area (Å²) in [7, 11) is 2.58. The van der Waals surface area contributed by atoms with Crippen LogP contribution in [0.1, 0.15) is 62.3 Å². The summed E-state index contributed by atoms with van der Waals surface area (Å²) in [5.41, 5.74) is 0. The van der Waals surface area contributed by atoms with Crippen molar-refractivity contribution in [3.05, 3.63) is 48.4 Å². The summed E-state index contributed by atoms with van der Waals surface area (Å²) in [6, 6.07) is 0. The van der Waals surface area contributed by atoms with Crippen molar-refractivity contribution in [2.45, 2.75) is 67.6 Å². The molecule has 0 aromatic heterocycles. The van der Waals surface area contributed by atoms with Crippen LogP contribution in [0.5, 0.6) is 0 Å². The molecule has 7 nitrogen and oxygen atoms in total. The van der Waals surface area contributed by atoms with E-state index in [4.69, 9.17) is 4.74 Å². The van der Waals surface area contributed by atoms with Gasteiger partial charge in [0, 0.05) is 36.8 Å². The van der Waals surface area contributed by atoms with Crippen molar-refractivity contribution >= 4 is 27.2 Å². The Balaban J connectivity index is -0.000000198. The van der Waals surface area contributed by atoms with Gasteiger partial charge in [-0.1, -0.05) is 66.3 Å². The van der Waals surface area contributed by atoms with Crippen LogP contribution in [0, 0.1) is 17.8 Å². The number of rotatable bonds is 12. The van der Waals surface area contributed by atoms with Crippen LogP contribution in [-0.4, -0.2) is 70.3 Å². The Bertz CT molecular complexity index is 817. The molecule has 8 heteroatoms. The fourth-order valence-electron chi connectivity index (χ4n) is 1.57. The lowest BCUT2D eigenvalue weighted by molar-refractivity contribution is -0.118. The summed E-state index contributed by atoms with van der Waals surface area (Å²) in [6.07, 6.45) is 10.2. The predicted octanol–water partition coefficient (Wildman–Crippen LogP) is 5.48. The Morgan fingerprint density at radius 2 is 1.16 bits per heavy atom. The molecular weight excluding hydrogens is 490 g/mol. The number of sulfone groups is 1. The standard InChI is InChI=1S/C9H17NO.C8H14O2.C7H12O.C5H10O2S/c1-8(2)9(11)6-5-7-10(3)4;1-7(2)8(9)5-4-6-10-3;1-4-5-7(8)6(2)3;1-4-8(6,7)5(2)3/h5-6,8H,7H2,1-4H3;4-5,7H,6H2,1-3H3;4-6H,1-3H3;4-5H,1H2,2-3H3/b6-5+;2*5-4+;. The van der Waals surface area contributed by atoms with Crippen LogP contribution in [0.2, 0.25) is 0 Å². The van der Waals surface area contributed by atoms with Crippen molar-refractivity contribution in [2.75, 3.05) is 34.4 Å². The number of hydrogen-bond acceptors (Lipinski definition) is 7. The van der Waals surface area contributed by atoms with Gasteiger partial charge in [-0.15, -0.1) is 0 Å². The summed E-state index contributed by atoms with van der Waals surface area (Å²) in [6.45, 7) is 20.9. The van der Waals surface area contributed by atoms with Gasteiger partial charge in [-0.3, -0.25) is 14.4 Å². The lowest BCUT2D eigenvalue weighted by Gasteiger charge is -2.03. The van der Waals surface area contributed by atoms with E-state index < -0.39 is 9.84 Å². The van der Waals surface area contributed by atoms with E-state index in [1.54, 1.807) is 51.3 Å². The number of ketones is 3. The monoisotopic (exact) mass is 543 g/mol. The van der Waals surface area contributed by atoms with Crippen LogP contribution in [0.25, 0.3) is 0 Å². The first-order chi connectivity index (χ1) is 16.9. The second-order valence-electron chi connectivity index (χ2n) is 9.50. The van der Waals surface area contributed by atoms with E-state index in [0.29, 0.717) is 6.61 Å². The zero-order chi connectivity index (χ0) is 30.2. The molecule has 0 rings (SSSR count). The van der Waals surface area contributed by atoms with E-state index in [1.807, 2.05) is 73.5 Å². The van der Waals surface area contributed by atoms with Gasteiger partial charge in [-0.25, -0.2) is 8.42 Å². The third-order valence-corrected chi connectivity index (χ3v) is 6.00. The molecule has 0 aromatic rings. The van der Waals surface area contributed by atoms with E-state index in [2.05, 4.69) is 6.58 Å². The Labute approximate surface area is 227 Å². The number of likely N-dealkylation sites (N-methyl/N-ethyl adjacent to an activating group) is 1. The molecule has 216 valence electrons. The van der Waals surface area contributed by atoms with Crippen molar-refractivity contribution in [2.24, 2.45) is 17.8 Å². The fraction of sp³-hybridized carbons (Fsp3) is 0.621. The molecule has 0 spiro atoms. The fourth-order valence-corrected chi connectivity index (χ4v) is 1.96. The number of ether oxygens (including phenoxy) is 1. The lowest BCUT2D eigenvalue weighted by Crippen LogP contribution is -2.11. The van der Waals surface area contributed by atoms with Crippen molar-refractivity contribution in [3.63, 3.8) is 0 Å². The van der Waals surface area contributed by atoms with Crippen LogP contribution in [-0.2, 0) is 29.0 Å². The van der Waals surface area contributed by atoms with Gasteiger partial charge < -0.3 is 9.64 Å². The molecule has 0 heterocycles. The molecule has 0 radical (unpaired) electrons. The average Bonchev–Trinajstić information content (AvgIpc) is 2.80. The van der Waals surface area contributed by atoms with Crippen LogP contribution < -0.4 is 0 Å². The molecule has 0 aliphatic rings. The predicted molar refractivity (Wildman–Crippen MR) is 157 cm³/mol. The normalized spacial score (nSPS) is 11.5. The van der Waals surface area contributed by atoms with Crippen LogP contribution >= 0.6 is 0 Å². The zero-order valence-corrected chi connectivity index (χ0v) is 26.1. The molecule has 0 amide bonds. The maximum atomic E-state index is 11.0. The third-order valence-electron chi connectivity index (χ3n) is 4.23. The highest BCUT2D eigenvalue weighted by atomic mass is 32.2. The topological polar surface area (TPSA) is 97.8 Å². The Hall–Kier alpha value is -2.16. The Kier molecular flexibility index (Phi) is 28.9. The van der Waals surface area contributed by atoms with Crippen molar-refractivity contribution in [3.8, 4) is 0 Å². The van der Waals surface area contributed by atoms with Gasteiger partial charge in [0.1, 0.15) is 0 Å². The molecule has 0 saturated heterocycles. The summed E-state index contributed by atoms with van der Waals surface area (Å²) in [5, 5.41) is 0.650. The van der Waals surface area contributed by atoms with Crippen LogP contribution in [0.3, 0.4) is 0 Å². The van der Waals surface area contributed by atoms with Gasteiger partial charge in [0.2, 0.25) is 0 Å². The number of nitrogens with zero attached hydrogens (tertiary/aromatic N) is 1. The van der Waals surface area contributed by atoms with Crippen molar-refractivity contribution in [1.82, 2.24) is 4.90 Å². The minimum Gasteiger partial charge on any atom is -0.381 e. The van der Waals surface area contributed by atoms with Gasteiger partial charge in [0.15, 0.2) is 27.2 Å². The molecule has 0 bridgehead atoms. The average molecular weight is 544 g/mol. The van der Waals surface area contributed by atoms with Gasteiger partial charge in [-0.05, 0) is 53.1 Å². The maximum Gasteiger partial charge on any atom is 0.173 e. The highest BCUT2D eigenvalue weighted by molar-refractivity contribution is 7.94. The van der Waals surface area contributed by atoms with Gasteiger partial charge >= 0.3 is 0 Å². The van der Waals surface area contributed by atoms with E-state index in [1.165, 1.54) is 0 Å². The molecule has 0 aliphatic heterocycles. The van der Waals surface area contributed by atoms with Crippen molar-refractivity contribution in [1.29, 1.82) is 0 Å². The maximum absolute atomic E-state index is 11.0. The first kappa shape index (κ1) is 41.9. The molecule has 0 saturated carbocycles. The molecule has 37 heavy (non-hydrogen) atoms. The Morgan fingerprint density at radius 3 is 1.38 bits per heavy atom.